The molecule has 4 N–H and O–H groups in total. The zero-order valence-electron chi connectivity index (χ0n) is 9.62. The van der Waals surface area contributed by atoms with Crippen LogP contribution in [0.3, 0.4) is 0 Å². The van der Waals surface area contributed by atoms with E-state index in [2.05, 4.69) is 9.97 Å². The average molecular weight is 268 g/mol. The summed E-state index contributed by atoms with van der Waals surface area (Å²) in [7, 11) is 0. The molecule has 0 aliphatic heterocycles. The number of hydrogen-bond acceptors (Lipinski definition) is 5. The van der Waals surface area contributed by atoms with E-state index in [1.807, 2.05) is 0 Å². The van der Waals surface area contributed by atoms with Gasteiger partial charge in [-0.05, 0) is 18.6 Å². The summed E-state index contributed by atoms with van der Waals surface area (Å²) in [4.78, 5) is 8.29. The average Bonchev–Trinajstić information content (AvgIpc) is 2.38. The summed E-state index contributed by atoms with van der Waals surface area (Å²) in [5.41, 5.74) is 7.75. The first kappa shape index (κ1) is 13.0. The van der Waals surface area contributed by atoms with Crippen molar-refractivity contribution < 1.29 is 10.2 Å². The zero-order chi connectivity index (χ0) is 13.1. The number of hydrogen-bond donors (Lipinski definition) is 3. The van der Waals surface area contributed by atoms with Crippen molar-refractivity contribution in [1.29, 1.82) is 0 Å². The number of alkyl halides is 1. The van der Waals surface area contributed by atoms with E-state index < -0.39 is 12.2 Å². The normalized spacial score (nSPS) is 14.6. The molecule has 0 saturated carbocycles. The second kappa shape index (κ2) is 5.48. The molecule has 0 saturated heterocycles. The Morgan fingerprint density at radius 1 is 1.22 bits per heavy atom. The van der Waals surface area contributed by atoms with Gasteiger partial charge in [-0.2, -0.15) is 0 Å². The number of nitrogens with two attached hydrogens (primary N) is 1. The molecule has 0 aliphatic carbocycles. The first-order chi connectivity index (χ1) is 8.65. The molecular formula is C12H14ClN3O2. The molecule has 1 aromatic carbocycles. The van der Waals surface area contributed by atoms with Gasteiger partial charge in [0.25, 0.3) is 0 Å². The van der Waals surface area contributed by atoms with E-state index in [9.17, 15) is 10.2 Å². The maximum absolute atomic E-state index is 10.1. The van der Waals surface area contributed by atoms with Crippen LogP contribution < -0.4 is 5.73 Å². The number of benzene rings is 1. The maximum atomic E-state index is 10.1. The lowest BCUT2D eigenvalue weighted by Crippen LogP contribution is -2.20. The molecule has 5 nitrogen and oxygen atoms in total. The number of nitrogens with zero attached hydrogens (tertiary/aromatic N) is 2. The number of nitrogen functional groups attached to an aromatic ring is 1. The van der Waals surface area contributed by atoms with Gasteiger partial charge in [-0.1, -0.05) is 0 Å². The standard InChI is InChI=1S/C12H14ClN3O2/c13-4-3-9(17)12(18)10-7(14)1-2-8-11(10)16-6-5-15-8/h1-2,5-6,9,12,17-18H,3-4,14H2. The van der Waals surface area contributed by atoms with Crippen LogP contribution in [0.2, 0.25) is 0 Å². The Kier molecular flexibility index (Phi) is 3.96. The zero-order valence-corrected chi connectivity index (χ0v) is 10.4. The van der Waals surface area contributed by atoms with Gasteiger partial charge < -0.3 is 15.9 Å². The van der Waals surface area contributed by atoms with Gasteiger partial charge >= 0.3 is 0 Å². The molecule has 0 fully saturated rings. The number of rotatable bonds is 4. The highest BCUT2D eigenvalue weighted by molar-refractivity contribution is 6.17. The summed E-state index contributed by atoms with van der Waals surface area (Å²) in [6.45, 7) is 0. The molecule has 1 heterocycles. The second-order valence-corrected chi connectivity index (χ2v) is 4.36. The molecule has 6 heteroatoms. The van der Waals surface area contributed by atoms with Crippen LogP contribution in [-0.2, 0) is 0 Å². The smallest absolute Gasteiger partial charge is 0.109 e. The quantitative estimate of drug-likeness (QED) is 0.572. The minimum absolute atomic E-state index is 0.259. The van der Waals surface area contributed by atoms with Crippen LogP contribution in [0.15, 0.2) is 24.5 Å². The molecule has 0 bridgehead atoms. The Labute approximate surface area is 109 Å². The van der Waals surface area contributed by atoms with Gasteiger partial charge in [-0.15, -0.1) is 11.6 Å². The van der Waals surface area contributed by atoms with Crippen molar-refractivity contribution in [1.82, 2.24) is 9.97 Å². The fourth-order valence-corrected chi connectivity index (χ4v) is 2.07. The lowest BCUT2D eigenvalue weighted by Gasteiger charge is -2.19. The van der Waals surface area contributed by atoms with Gasteiger partial charge in [0.2, 0.25) is 0 Å². The van der Waals surface area contributed by atoms with E-state index in [0.29, 0.717) is 22.3 Å². The second-order valence-electron chi connectivity index (χ2n) is 3.98. The predicted octanol–water partition coefficient (Wildman–Crippen LogP) is 1.24. The van der Waals surface area contributed by atoms with Crippen LogP contribution in [-0.4, -0.2) is 32.2 Å². The minimum Gasteiger partial charge on any atom is -0.398 e. The van der Waals surface area contributed by atoms with Crippen molar-refractivity contribution in [3.05, 3.63) is 30.1 Å². The Morgan fingerprint density at radius 3 is 2.67 bits per heavy atom. The summed E-state index contributed by atoms with van der Waals surface area (Å²) in [6.07, 6.45) is 1.26. The molecule has 0 aliphatic rings. The Balaban J connectivity index is 2.51. The molecule has 96 valence electrons. The number of anilines is 1. The lowest BCUT2D eigenvalue weighted by molar-refractivity contribution is 0.0182. The first-order valence-electron chi connectivity index (χ1n) is 5.56. The maximum Gasteiger partial charge on any atom is 0.109 e. The molecule has 2 unspecified atom stereocenters. The van der Waals surface area contributed by atoms with E-state index in [1.54, 1.807) is 18.3 Å². The fourth-order valence-electron chi connectivity index (χ4n) is 1.85. The fraction of sp³-hybridized carbons (Fsp3) is 0.333. The van der Waals surface area contributed by atoms with Crippen LogP contribution >= 0.6 is 11.6 Å². The van der Waals surface area contributed by atoms with Crippen LogP contribution in [0.1, 0.15) is 18.1 Å². The molecule has 2 aromatic rings. The largest absolute Gasteiger partial charge is 0.398 e. The Bertz CT molecular complexity index is 550. The van der Waals surface area contributed by atoms with Gasteiger partial charge in [-0.25, -0.2) is 0 Å². The lowest BCUT2D eigenvalue weighted by atomic mass is 9.99. The van der Waals surface area contributed by atoms with Crippen LogP contribution in [0.5, 0.6) is 0 Å². The molecule has 1 aromatic heterocycles. The third kappa shape index (κ3) is 2.38. The van der Waals surface area contributed by atoms with E-state index in [0.717, 1.165) is 0 Å². The van der Waals surface area contributed by atoms with E-state index in [4.69, 9.17) is 17.3 Å². The van der Waals surface area contributed by atoms with Gasteiger partial charge in [0.1, 0.15) is 6.10 Å². The number of aliphatic hydroxyl groups excluding tert-OH is 2. The van der Waals surface area contributed by atoms with Crippen molar-refractivity contribution in [2.24, 2.45) is 0 Å². The predicted molar refractivity (Wildman–Crippen MR) is 70.3 cm³/mol. The van der Waals surface area contributed by atoms with Gasteiger partial charge in [0.05, 0.1) is 17.1 Å². The van der Waals surface area contributed by atoms with Crippen molar-refractivity contribution >= 4 is 28.3 Å². The van der Waals surface area contributed by atoms with Crippen molar-refractivity contribution in [3.8, 4) is 0 Å². The summed E-state index contributed by atoms with van der Waals surface area (Å²) in [5, 5.41) is 20.0. The van der Waals surface area contributed by atoms with Crippen molar-refractivity contribution in [2.75, 3.05) is 11.6 Å². The Morgan fingerprint density at radius 2 is 1.94 bits per heavy atom. The van der Waals surface area contributed by atoms with E-state index in [1.165, 1.54) is 6.20 Å². The van der Waals surface area contributed by atoms with E-state index >= 15 is 0 Å². The van der Waals surface area contributed by atoms with Crippen LogP contribution in [0, 0.1) is 0 Å². The van der Waals surface area contributed by atoms with Gasteiger partial charge in [0, 0.05) is 29.5 Å². The molecule has 0 amide bonds. The number of halogens is 1. The number of fused-ring (bicyclic) bond motifs is 1. The van der Waals surface area contributed by atoms with Crippen molar-refractivity contribution in [2.45, 2.75) is 18.6 Å². The molecule has 2 rings (SSSR count). The first-order valence-corrected chi connectivity index (χ1v) is 6.09. The molecule has 2 atom stereocenters. The molecular weight excluding hydrogens is 254 g/mol. The molecule has 0 spiro atoms. The highest BCUT2D eigenvalue weighted by Crippen LogP contribution is 2.30. The third-order valence-corrected chi connectivity index (χ3v) is 3.00. The third-order valence-electron chi connectivity index (χ3n) is 2.78. The summed E-state index contributed by atoms with van der Waals surface area (Å²) < 4.78 is 0. The monoisotopic (exact) mass is 267 g/mol. The van der Waals surface area contributed by atoms with Gasteiger partial charge in [0.15, 0.2) is 0 Å². The SMILES string of the molecule is Nc1ccc2nccnc2c1C(O)C(O)CCCl. The highest BCUT2D eigenvalue weighted by Gasteiger charge is 2.23. The molecule has 18 heavy (non-hydrogen) atoms. The summed E-state index contributed by atoms with van der Waals surface area (Å²) >= 11 is 5.56. The summed E-state index contributed by atoms with van der Waals surface area (Å²) in [6, 6.07) is 3.37. The highest BCUT2D eigenvalue weighted by atomic mass is 35.5. The summed E-state index contributed by atoms with van der Waals surface area (Å²) in [5.74, 6) is 0.259. The van der Waals surface area contributed by atoms with Gasteiger partial charge in [-0.3, -0.25) is 9.97 Å². The Hall–Kier alpha value is -1.43. The van der Waals surface area contributed by atoms with E-state index in [-0.39, 0.29) is 12.3 Å². The topological polar surface area (TPSA) is 92.3 Å². The van der Waals surface area contributed by atoms with Crippen LogP contribution in [0.4, 0.5) is 5.69 Å². The minimum atomic E-state index is -1.12. The number of aliphatic hydroxyl groups is 2. The number of aromatic nitrogens is 2. The van der Waals surface area contributed by atoms with Crippen molar-refractivity contribution in [3.63, 3.8) is 0 Å². The van der Waals surface area contributed by atoms with Crippen LogP contribution in [0.25, 0.3) is 11.0 Å². The molecule has 0 radical (unpaired) electrons.